The first-order valence-electron chi connectivity index (χ1n) is 5.70. The molecule has 0 atom stereocenters. The first kappa shape index (κ1) is 13.6. The van der Waals surface area contributed by atoms with Crippen molar-refractivity contribution < 1.29 is 24.5 Å². The lowest BCUT2D eigenvalue weighted by atomic mass is 10.1. The van der Waals surface area contributed by atoms with E-state index in [9.17, 15) is 24.5 Å². The summed E-state index contributed by atoms with van der Waals surface area (Å²) in [7, 11) is 0. The number of hydrogen-bond donors (Lipinski definition) is 3. The van der Waals surface area contributed by atoms with E-state index in [1.54, 1.807) is 0 Å². The fraction of sp³-hybridized carbons (Fsp3) is 0. The molecule has 3 N–H and O–H groups in total. The fourth-order valence-corrected chi connectivity index (χ4v) is 1.60. The van der Waals surface area contributed by atoms with Crippen LogP contribution in [-0.2, 0) is 0 Å². The molecule has 0 bridgehead atoms. The number of phenolic OH excluding ortho intramolecular Hbond substituents is 3. The third-order valence-corrected chi connectivity index (χ3v) is 2.65. The van der Waals surface area contributed by atoms with Crippen LogP contribution in [0.2, 0.25) is 0 Å². The molecule has 0 heterocycles. The SMILES string of the molecule is O=C(/C=C/c1cc(O)c(O)c(O)c1)c1ccc(F)cc1. The van der Waals surface area contributed by atoms with Crippen LogP contribution < -0.4 is 0 Å². The number of ketones is 1. The van der Waals surface area contributed by atoms with E-state index in [0.717, 1.165) is 0 Å². The van der Waals surface area contributed by atoms with Crippen LogP contribution in [0, 0.1) is 5.82 Å². The van der Waals surface area contributed by atoms with Gasteiger partial charge < -0.3 is 15.3 Å². The second kappa shape index (κ2) is 5.44. The zero-order valence-corrected chi connectivity index (χ0v) is 10.2. The van der Waals surface area contributed by atoms with Crippen molar-refractivity contribution in [2.24, 2.45) is 0 Å². The van der Waals surface area contributed by atoms with Gasteiger partial charge in [-0.15, -0.1) is 0 Å². The van der Waals surface area contributed by atoms with E-state index in [0.29, 0.717) is 11.1 Å². The van der Waals surface area contributed by atoms with Gasteiger partial charge in [-0.05, 0) is 48.0 Å². The van der Waals surface area contributed by atoms with Crippen molar-refractivity contribution in [2.45, 2.75) is 0 Å². The van der Waals surface area contributed by atoms with E-state index >= 15 is 0 Å². The Morgan fingerprint density at radius 1 is 1.00 bits per heavy atom. The van der Waals surface area contributed by atoms with Gasteiger partial charge in [-0.25, -0.2) is 4.39 Å². The Morgan fingerprint density at radius 3 is 2.10 bits per heavy atom. The quantitative estimate of drug-likeness (QED) is 0.457. The van der Waals surface area contributed by atoms with Crippen molar-refractivity contribution in [1.82, 2.24) is 0 Å². The number of aromatic hydroxyl groups is 3. The molecule has 20 heavy (non-hydrogen) atoms. The minimum Gasteiger partial charge on any atom is -0.504 e. The van der Waals surface area contributed by atoms with Gasteiger partial charge in [0.2, 0.25) is 0 Å². The number of carbonyl (C=O) groups excluding carboxylic acids is 1. The molecular weight excluding hydrogens is 263 g/mol. The molecule has 0 aromatic heterocycles. The zero-order valence-electron chi connectivity index (χ0n) is 10.2. The zero-order chi connectivity index (χ0) is 14.7. The number of hydrogen-bond acceptors (Lipinski definition) is 4. The highest BCUT2D eigenvalue weighted by Crippen LogP contribution is 2.35. The van der Waals surface area contributed by atoms with Gasteiger partial charge in [0.25, 0.3) is 0 Å². The molecule has 0 aliphatic rings. The van der Waals surface area contributed by atoms with Gasteiger partial charge in [0.1, 0.15) is 5.82 Å². The molecule has 0 aliphatic heterocycles. The van der Waals surface area contributed by atoms with Gasteiger partial charge in [-0.2, -0.15) is 0 Å². The lowest BCUT2D eigenvalue weighted by molar-refractivity contribution is 0.104. The second-order valence-electron chi connectivity index (χ2n) is 4.11. The summed E-state index contributed by atoms with van der Waals surface area (Å²) < 4.78 is 12.7. The smallest absolute Gasteiger partial charge is 0.200 e. The first-order chi connectivity index (χ1) is 9.47. The summed E-state index contributed by atoms with van der Waals surface area (Å²) in [4.78, 5) is 11.8. The van der Waals surface area contributed by atoms with Crippen molar-refractivity contribution in [3.8, 4) is 17.2 Å². The maximum absolute atomic E-state index is 12.7. The molecule has 0 aliphatic carbocycles. The molecule has 102 valence electrons. The highest BCUT2D eigenvalue weighted by atomic mass is 19.1. The fourth-order valence-electron chi connectivity index (χ4n) is 1.60. The maximum atomic E-state index is 12.7. The molecule has 2 aromatic carbocycles. The summed E-state index contributed by atoms with van der Waals surface area (Å²) in [6, 6.07) is 7.47. The average Bonchev–Trinajstić information content (AvgIpc) is 2.42. The van der Waals surface area contributed by atoms with Crippen LogP contribution in [0.25, 0.3) is 6.08 Å². The Labute approximate surface area is 114 Å². The van der Waals surface area contributed by atoms with E-state index in [1.165, 1.54) is 48.6 Å². The number of halogens is 1. The molecule has 0 saturated heterocycles. The summed E-state index contributed by atoms with van der Waals surface area (Å²) in [6.45, 7) is 0. The molecule has 0 unspecified atom stereocenters. The minimum atomic E-state index is -0.619. The van der Waals surface area contributed by atoms with E-state index < -0.39 is 23.1 Å². The van der Waals surface area contributed by atoms with Crippen molar-refractivity contribution in [3.05, 3.63) is 59.4 Å². The molecule has 0 amide bonds. The molecule has 4 nitrogen and oxygen atoms in total. The Bertz CT molecular complexity index is 652. The monoisotopic (exact) mass is 274 g/mol. The first-order valence-corrected chi connectivity index (χ1v) is 5.70. The van der Waals surface area contributed by atoms with Gasteiger partial charge in [0, 0.05) is 5.56 Å². The Kier molecular flexibility index (Phi) is 3.70. The largest absolute Gasteiger partial charge is 0.504 e. The second-order valence-corrected chi connectivity index (χ2v) is 4.11. The normalized spacial score (nSPS) is 10.8. The molecule has 0 radical (unpaired) electrons. The third kappa shape index (κ3) is 2.95. The van der Waals surface area contributed by atoms with Crippen molar-refractivity contribution in [3.63, 3.8) is 0 Å². The highest BCUT2D eigenvalue weighted by Gasteiger charge is 2.07. The van der Waals surface area contributed by atoms with Crippen molar-refractivity contribution in [1.29, 1.82) is 0 Å². The maximum Gasteiger partial charge on any atom is 0.200 e. The minimum absolute atomic E-state index is 0.315. The Hall–Kier alpha value is -2.82. The van der Waals surface area contributed by atoms with Crippen molar-refractivity contribution in [2.75, 3.05) is 0 Å². The standard InChI is InChI=1S/C15H11FO4/c16-11-4-2-10(3-5-11)12(17)6-1-9-7-13(18)15(20)14(19)8-9/h1-8,18-20H/b6-1+. The molecule has 2 aromatic rings. The Balaban J connectivity index is 2.21. The van der Waals surface area contributed by atoms with E-state index in [-0.39, 0.29) is 5.78 Å². The van der Waals surface area contributed by atoms with E-state index in [1.807, 2.05) is 0 Å². The molecule has 5 heteroatoms. The van der Waals surface area contributed by atoms with Crippen LogP contribution >= 0.6 is 0 Å². The predicted octanol–water partition coefficient (Wildman–Crippen LogP) is 2.84. The highest BCUT2D eigenvalue weighted by molar-refractivity contribution is 6.06. The van der Waals surface area contributed by atoms with Gasteiger partial charge in [0.15, 0.2) is 23.0 Å². The number of benzene rings is 2. The summed E-state index contributed by atoms with van der Waals surface area (Å²) >= 11 is 0. The molecule has 0 saturated carbocycles. The summed E-state index contributed by atoms with van der Waals surface area (Å²) in [5.41, 5.74) is 0.656. The van der Waals surface area contributed by atoms with Gasteiger partial charge in [0.05, 0.1) is 0 Å². The third-order valence-electron chi connectivity index (χ3n) is 2.65. The summed E-state index contributed by atoms with van der Waals surface area (Å²) in [5, 5.41) is 27.8. The Morgan fingerprint density at radius 2 is 1.55 bits per heavy atom. The van der Waals surface area contributed by atoms with E-state index in [2.05, 4.69) is 0 Å². The van der Waals surface area contributed by atoms with Gasteiger partial charge in [-0.1, -0.05) is 6.08 Å². The van der Waals surface area contributed by atoms with Crippen LogP contribution in [0.5, 0.6) is 17.2 Å². The van der Waals surface area contributed by atoms with Crippen LogP contribution in [-0.4, -0.2) is 21.1 Å². The molecule has 2 rings (SSSR count). The number of allylic oxidation sites excluding steroid dienone is 1. The molecule has 0 fully saturated rings. The number of carbonyl (C=O) groups is 1. The lowest BCUT2D eigenvalue weighted by Crippen LogP contribution is -1.93. The van der Waals surface area contributed by atoms with Crippen molar-refractivity contribution >= 4 is 11.9 Å². The molecular formula is C15H11FO4. The van der Waals surface area contributed by atoms with Crippen LogP contribution in [0.4, 0.5) is 4.39 Å². The van der Waals surface area contributed by atoms with E-state index in [4.69, 9.17) is 0 Å². The van der Waals surface area contributed by atoms with Crippen LogP contribution in [0.1, 0.15) is 15.9 Å². The lowest BCUT2D eigenvalue weighted by Gasteiger charge is -2.02. The average molecular weight is 274 g/mol. The van der Waals surface area contributed by atoms with Crippen LogP contribution in [0.15, 0.2) is 42.5 Å². The summed E-state index contributed by atoms with van der Waals surface area (Å²) in [5.74, 6) is -2.37. The summed E-state index contributed by atoms with van der Waals surface area (Å²) in [6.07, 6.45) is 2.59. The number of phenols is 3. The molecule has 0 spiro atoms. The topological polar surface area (TPSA) is 77.8 Å². The predicted molar refractivity (Wildman–Crippen MR) is 71.2 cm³/mol. The van der Waals surface area contributed by atoms with Gasteiger partial charge in [-0.3, -0.25) is 4.79 Å². The van der Waals surface area contributed by atoms with Gasteiger partial charge >= 0.3 is 0 Å². The van der Waals surface area contributed by atoms with Crippen LogP contribution in [0.3, 0.4) is 0 Å². The number of rotatable bonds is 3.